The summed E-state index contributed by atoms with van der Waals surface area (Å²) < 4.78 is 0. The number of para-hydroxylation sites is 1. The molecular formula is C13H14N4S. The molecule has 0 fully saturated rings. The fraction of sp³-hybridized carbons (Fsp3) is 0.231. The first kappa shape index (κ1) is 11.2. The van der Waals surface area contributed by atoms with E-state index in [0.29, 0.717) is 12.5 Å². The first-order valence-corrected chi connectivity index (χ1v) is 6.70. The maximum absolute atomic E-state index is 6.00. The third-order valence-electron chi connectivity index (χ3n) is 2.94. The summed E-state index contributed by atoms with van der Waals surface area (Å²) in [5.74, 6) is 0.569. The van der Waals surface area contributed by atoms with E-state index in [9.17, 15) is 0 Å². The van der Waals surface area contributed by atoms with Crippen molar-refractivity contribution in [1.29, 1.82) is 0 Å². The lowest BCUT2D eigenvalue weighted by molar-refractivity contribution is 0.758. The Morgan fingerprint density at radius 1 is 1.33 bits per heavy atom. The minimum Gasteiger partial charge on any atom is -0.369 e. The van der Waals surface area contributed by atoms with E-state index in [1.54, 1.807) is 11.3 Å². The average molecular weight is 258 g/mol. The van der Waals surface area contributed by atoms with Gasteiger partial charge in [0.1, 0.15) is 11.0 Å². The average Bonchev–Trinajstić information content (AvgIpc) is 2.96. The zero-order valence-electron chi connectivity index (χ0n) is 10.1. The molecular weight excluding hydrogens is 244 g/mol. The highest BCUT2D eigenvalue weighted by Gasteiger charge is 2.30. The lowest BCUT2D eigenvalue weighted by Gasteiger charge is -2.24. The number of aryl methyl sites for hydroxylation is 1. The molecule has 0 saturated heterocycles. The Bertz CT molecular complexity index is 576. The van der Waals surface area contributed by atoms with Crippen molar-refractivity contribution in [2.45, 2.75) is 13.0 Å². The van der Waals surface area contributed by atoms with Gasteiger partial charge in [-0.3, -0.25) is 4.99 Å². The molecule has 0 saturated carbocycles. The van der Waals surface area contributed by atoms with Crippen LogP contribution < -0.4 is 10.6 Å². The van der Waals surface area contributed by atoms with Crippen LogP contribution in [0.5, 0.6) is 0 Å². The van der Waals surface area contributed by atoms with E-state index in [1.165, 1.54) is 0 Å². The van der Waals surface area contributed by atoms with Crippen LogP contribution in [0.1, 0.15) is 16.7 Å². The number of hydrogen-bond acceptors (Lipinski definition) is 5. The van der Waals surface area contributed by atoms with E-state index < -0.39 is 0 Å². The van der Waals surface area contributed by atoms with Gasteiger partial charge in [-0.1, -0.05) is 18.2 Å². The molecule has 2 heterocycles. The minimum atomic E-state index is 0.131. The summed E-state index contributed by atoms with van der Waals surface area (Å²) in [5.41, 5.74) is 8.11. The number of nitrogens with two attached hydrogens (primary N) is 1. The van der Waals surface area contributed by atoms with E-state index in [4.69, 9.17) is 5.73 Å². The molecule has 0 spiro atoms. The quantitative estimate of drug-likeness (QED) is 0.899. The van der Waals surface area contributed by atoms with E-state index in [-0.39, 0.29) is 6.04 Å². The molecule has 1 atom stereocenters. The van der Waals surface area contributed by atoms with Crippen molar-refractivity contribution in [3.63, 3.8) is 0 Å². The highest BCUT2D eigenvalue weighted by atomic mass is 32.1. The summed E-state index contributed by atoms with van der Waals surface area (Å²) in [6.45, 7) is 2.68. The van der Waals surface area contributed by atoms with Crippen LogP contribution in [0.2, 0.25) is 0 Å². The lowest BCUT2D eigenvalue weighted by Crippen LogP contribution is -2.36. The third-order valence-corrected chi connectivity index (χ3v) is 4.00. The molecule has 0 amide bonds. The molecule has 5 heteroatoms. The predicted octanol–water partition coefficient (Wildman–Crippen LogP) is 2.33. The van der Waals surface area contributed by atoms with Crippen LogP contribution in [0.15, 0.2) is 40.7 Å². The Balaban J connectivity index is 1.97. The molecule has 1 aromatic heterocycles. The summed E-state index contributed by atoms with van der Waals surface area (Å²) >= 11 is 1.67. The zero-order valence-corrected chi connectivity index (χ0v) is 10.9. The second kappa shape index (κ2) is 4.42. The molecule has 1 aliphatic rings. The van der Waals surface area contributed by atoms with Crippen LogP contribution in [0.4, 0.5) is 5.69 Å². The Labute approximate surface area is 110 Å². The molecule has 0 aliphatic carbocycles. The predicted molar refractivity (Wildman–Crippen MR) is 75.0 cm³/mol. The van der Waals surface area contributed by atoms with Crippen LogP contribution in [-0.4, -0.2) is 17.5 Å². The van der Waals surface area contributed by atoms with Crippen molar-refractivity contribution < 1.29 is 0 Å². The number of anilines is 1. The number of rotatable bonds is 2. The molecule has 4 nitrogen and oxygen atoms in total. The summed E-state index contributed by atoms with van der Waals surface area (Å²) in [4.78, 5) is 11.0. The Kier molecular flexibility index (Phi) is 2.76. The van der Waals surface area contributed by atoms with Crippen molar-refractivity contribution in [3.05, 3.63) is 46.4 Å². The van der Waals surface area contributed by atoms with Gasteiger partial charge in [-0.05, 0) is 19.1 Å². The zero-order chi connectivity index (χ0) is 12.5. The molecule has 1 aromatic carbocycles. The van der Waals surface area contributed by atoms with Gasteiger partial charge in [0.25, 0.3) is 0 Å². The van der Waals surface area contributed by atoms with E-state index in [2.05, 4.69) is 20.3 Å². The Morgan fingerprint density at radius 2 is 2.11 bits per heavy atom. The van der Waals surface area contributed by atoms with Gasteiger partial charge in [-0.15, -0.1) is 11.3 Å². The van der Waals surface area contributed by atoms with E-state index in [1.807, 2.05) is 37.3 Å². The van der Waals surface area contributed by atoms with Crippen molar-refractivity contribution in [2.24, 2.45) is 10.7 Å². The first-order chi connectivity index (χ1) is 8.75. The largest absolute Gasteiger partial charge is 0.369 e. The first-order valence-electron chi connectivity index (χ1n) is 5.82. The van der Waals surface area contributed by atoms with Crippen LogP contribution >= 0.6 is 11.3 Å². The fourth-order valence-electron chi connectivity index (χ4n) is 2.11. The van der Waals surface area contributed by atoms with Crippen LogP contribution in [-0.2, 0) is 0 Å². The second-order valence-corrected chi connectivity index (χ2v) is 5.14. The van der Waals surface area contributed by atoms with Gasteiger partial charge in [0.05, 0.1) is 6.54 Å². The van der Waals surface area contributed by atoms with Gasteiger partial charge in [-0.25, -0.2) is 4.98 Å². The van der Waals surface area contributed by atoms with Crippen LogP contribution in [0, 0.1) is 6.92 Å². The van der Waals surface area contributed by atoms with E-state index >= 15 is 0 Å². The molecule has 1 aliphatic heterocycles. The minimum absolute atomic E-state index is 0.131. The van der Waals surface area contributed by atoms with Gasteiger partial charge < -0.3 is 10.6 Å². The number of guanidine groups is 1. The summed E-state index contributed by atoms with van der Waals surface area (Å²) in [6.07, 6.45) is 0. The molecule has 18 heavy (non-hydrogen) atoms. The van der Waals surface area contributed by atoms with Crippen molar-refractivity contribution in [2.75, 3.05) is 11.4 Å². The Hall–Kier alpha value is -1.88. The van der Waals surface area contributed by atoms with Crippen LogP contribution in [0.3, 0.4) is 0 Å². The number of thiazole rings is 1. The van der Waals surface area contributed by atoms with Crippen LogP contribution in [0.25, 0.3) is 0 Å². The second-order valence-electron chi connectivity index (χ2n) is 4.25. The standard InChI is InChI=1S/C13H14N4S/c1-9-8-18-12(16-9)11-7-15-13(14)17(11)10-5-3-2-4-6-10/h2-6,8,11H,7H2,1H3,(H2,14,15). The lowest BCUT2D eigenvalue weighted by atomic mass is 10.2. The molecule has 1 unspecified atom stereocenters. The van der Waals surface area contributed by atoms with Crippen molar-refractivity contribution in [1.82, 2.24) is 4.98 Å². The molecule has 92 valence electrons. The monoisotopic (exact) mass is 258 g/mol. The fourth-order valence-corrected chi connectivity index (χ4v) is 2.99. The summed E-state index contributed by atoms with van der Waals surface area (Å²) in [7, 11) is 0. The van der Waals surface area contributed by atoms with E-state index in [0.717, 1.165) is 16.4 Å². The molecule has 0 bridgehead atoms. The molecule has 3 rings (SSSR count). The highest BCUT2D eigenvalue weighted by Crippen LogP contribution is 2.32. The Morgan fingerprint density at radius 3 is 2.78 bits per heavy atom. The maximum Gasteiger partial charge on any atom is 0.196 e. The number of aliphatic imine (C=N–C) groups is 1. The molecule has 0 radical (unpaired) electrons. The van der Waals surface area contributed by atoms with Crippen molar-refractivity contribution >= 4 is 23.0 Å². The maximum atomic E-state index is 6.00. The van der Waals surface area contributed by atoms with Gasteiger partial charge >= 0.3 is 0 Å². The highest BCUT2D eigenvalue weighted by molar-refractivity contribution is 7.09. The van der Waals surface area contributed by atoms with Gasteiger partial charge in [0.15, 0.2) is 5.96 Å². The van der Waals surface area contributed by atoms with Gasteiger partial charge in [-0.2, -0.15) is 0 Å². The molecule has 2 aromatic rings. The number of benzene rings is 1. The smallest absolute Gasteiger partial charge is 0.196 e. The number of nitrogens with zero attached hydrogens (tertiary/aromatic N) is 3. The van der Waals surface area contributed by atoms with Crippen molar-refractivity contribution in [3.8, 4) is 0 Å². The third kappa shape index (κ3) is 1.86. The summed E-state index contributed by atoms with van der Waals surface area (Å²) in [5, 5.41) is 3.13. The normalized spacial score (nSPS) is 19.1. The topological polar surface area (TPSA) is 54.5 Å². The molecule has 2 N–H and O–H groups in total. The SMILES string of the molecule is Cc1csc(C2CN=C(N)N2c2ccccc2)n1. The van der Waals surface area contributed by atoms with Gasteiger partial charge in [0, 0.05) is 16.8 Å². The van der Waals surface area contributed by atoms with Gasteiger partial charge in [0.2, 0.25) is 0 Å². The summed E-state index contributed by atoms with van der Waals surface area (Å²) in [6, 6.07) is 10.2. The number of hydrogen-bond donors (Lipinski definition) is 1. The number of aromatic nitrogens is 1.